The molecule has 0 N–H and O–H groups in total. The average Bonchev–Trinajstić information content (AvgIpc) is 2.80. The molecule has 188 valence electrons. The number of carbonyl (C=O) groups excluding carboxylic acids is 1. The number of nitriles is 1. The maximum atomic E-state index is 14.6. The molecule has 0 radical (unpaired) electrons. The van der Waals surface area contributed by atoms with Gasteiger partial charge in [-0.2, -0.15) is 18.4 Å². The van der Waals surface area contributed by atoms with Crippen LogP contribution < -0.4 is 9.47 Å². The Morgan fingerprint density at radius 2 is 1.72 bits per heavy atom. The molecule has 0 saturated carbocycles. The third kappa shape index (κ3) is 5.62. The minimum absolute atomic E-state index is 0.0433. The number of hydrogen-bond donors (Lipinski definition) is 0. The molecule has 1 heterocycles. The lowest BCUT2D eigenvalue weighted by molar-refractivity contribution is -0.137. The van der Waals surface area contributed by atoms with Gasteiger partial charge in [-0.1, -0.05) is 59.4 Å². The van der Waals surface area contributed by atoms with Gasteiger partial charge in [-0.15, -0.1) is 0 Å². The second-order valence-electron chi connectivity index (χ2n) is 7.12. The van der Waals surface area contributed by atoms with Gasteiger partial charge in [0.05, 0.1) is 15.6 Å². The Labute approximate surface area is 222 Å². The number of pyridine rings is 1. The molecule has 0 bridgehead atoms. The quantitative estimate of drug-likeness (QED) is 0.262. The molecule has 3 aromatic rings. The lowest BCUT2D eigenvalue weighted by atomic mass is 9.89. The SMILES string of the molecule is CCC(=O)C(C#N)(Oc1cc(Oc2ncc(C(F)(F)F)cc2Cl)c(F)cc1Cl)c1ccc(Cl)cc1Cl. The highest BCUT2D eigenvalue weighted by molar-refractivity contribution is 6.35. The van der Waals surface area contributed by atoms with Gasteiger partial charge in [-0.25, -0.2) is 9.37 Å². The van der Waals surface area contributed by atoms with Crippen molar-refractivity contribution in [2.24, 2.45) is 0 Å². The van der Waals surface area contributed by atoms with Crippen LogP contribution in [-0.2, 0) is 16.6 Å². The van der Waals surface area contributed by atoms with E-state index in [1.165, 1.54) is 25.1 Å². The Kier molecular flexibility index (Phi) is 8.26. The Morgan fingerprint density at radius 1 is 1.03 bits per heavy atom. The van der Waals surface area contributed by atoms with Gasteiger partial charge in [0, 0.05) is 35.3 Å². The molecule has 3 rings (SSSR count). The third-order valence-electron chi connectivity index (χ3n) is 4.77. The molecule has 0 aliphatic heterocycles. The molecular formula is C23H12Cl4F4N2O3. The van der Waals surface area contributed by atoms with Crippen LogP contribution in [0.2, 0.25) is 20.1 Å². The highest BCUT2D eigenvalue weighted by Gasteiger charge is 2.44. The van der Waals surface area contributed by atoms with Gasteiger partial charge in [0.15, 0.2) is 17.3 Å². The number of alkyl halides is 3. The Morgan fingerprint density at radius 3 is 2.28 bits per heavy atom. The fourth-order valence-corrected chi connectivity index (χ4v) is 3.96. The first-order valence-corrected chi connectivity index (χ1v) is 11.3. The number of carbonyl (C=O) groups is 1. The summed E-state index contributed by atoms with van der Waals surface area (Å²) in [5.41, 5.74) is -3.49. The summed E-state index contributed by atoms with van der Waals surface area (Å²) in [4.78, 5) is 16.4. The zero-order valence-corrected chi connectivity index (χ0v) is 20.9. The van der Waals surface area contributed by atoms with Gasteiger partial charge in [-0.3, -0.25) is 4.79 Å². The fraction of sp³-hybridized carbons (Fsp3) is 0.174. The lowest BCUT2D eigenvalue weighted by Crippen LogP contribution is -2.40. The van der Waals surface area contributed by atoms with Crippen molar-refractivity contribution >= 4 is 52.2 Å². The van der Waals surface area contributed by atoms with E-state index in [0.29, 0.717) is 12.3 Å². The number of Topliss-reactive ketones (excluding diaryl/α,β-unsaturated/α-hetero) is 1. The van der Waals surface area contributed by atoms with Gasteiger partial charge in [-0.05, 0) is 18.2 Å². The van der Waals surface area contributed by atoms with E-state index in [4.69, 9.17) is 55.9 Å². The zero-order chi connectivity index (χ0) is 26.8. The van der Waals surface area contributed by atoms with Crippen molar-refractivity contribution in [1.82, 2.24) is 4.98 Å². The van der Waals surface area contributed by atoms with E-state index in [1.54, 1.807) is 6.07 Å². The summed E-state index contributed by atoms with van der Waals surface area (Å²) in [7, 11) is 0. The van der Waals surface area contributed by atoms with Crippen LogP contribution in [0.3, 0.4) is 0 Å². The number of nitrogens with zero attached hydrogens (tertiary/aromatic N) is 2. The van der Waals surface area contributed by atoms with Crippen LogP contribution in [0, 0.1) is 17.1 Å². The Balaban J connectivity index is 2.07. The summed E-state index contributed by atoms with van der Waals surface area (Å²) in [5.74, 6) is -3.29. The van der Waals surface area contributed by atoms with Crippen LogP contribution in [-0.4, -0.2) is 10.8 Å². The molecule has 0 saturated heterocycles. The van der Waals surface area contributed by atoms with E-state index in [1.807, 2.05) is 0 Å². The normalized spacial score (nSPS) is 13.0. The number of benzene rings is 2. The number of ketones is 1. The number of halogens is 8. The van der Waals surface area contributed by atoms with Crippen molar-refractivity contribution in [3.8, 4) is 23.4 Å². The van der Waals surface area contributed by atoms with Crippen molar-refractivity contribution in [2.75, 3.05) is 0 Å². The van der Waals surface area contributed by atoms with Crippen molar-refractivity contribution < 1.29 is 31.8 Å². The second-order valence-corrected chi connectivity index (χ2v) is 8.78. The van der Waals surface area contributed by atoms with E-state index in [-0.39, 0.29) is 32.8 Å². The molecule has 2 aromatic carbocycles. The number of hydrogen-bond acceptors (Lipinski definition) is 5. The van der Waals surface area contributed by atoms with Crippen molar-refractivity contribution in [2.45, 2.75) is 25.1 Å². The number of aromatic nitrogens is 1. The molecule has 13 heteroatoms. The van der Waals surface area contributed by atoms with E-state index in [0.717, 1.165) is 12.1 Å². The van der Waals surface area contributed by atoms with Crippen LogP contribution in [0.1, 0.15) is 24.5 Å². The lowest BCUT2D eigenvalue weighted by Gasteiger charge is -2.28. The standard InChI is InChI=1S/C23H12Cl4F4N2O3/c1-2-20(34)22(10-32,13-4-3-12(24)6-14(13)25)36-18-8-19(17(28)7-15(18)26)35-21-16(27)5-11(9-33-21)23(29,30)31/h3-9H,2H2,1H3. The Hall–Kier alpha value is -2.77. The summed E-state index contributed by atoms with van der Waals surface area (Å²) < 4.78 is 64.2. The minimum Gasteiger partial charge on any atom is -0.459 e. The molecule has 1 atom stereocenters. The van der Waals surface area contributed by atoms with Crippen LogP contribution in [0.25, 0.3) is 0 Å². The first-order valence-electron chi connectivity index (χ1n) is 9.81. The summed E-state index contributed by atoms with van der Waals surface area (Å²) in [6.07, 6.45) is -4.41. The van der Waals surface area contributed by atoms with E-state index < -0.39 is 45.6 Å². The average molecular weight is 582 g/mol. The minimum atomic E-state index is -4.71. The zero-order valence-electron chi connectivity index (χ0n) is 17.9. The van der Waals surface area contributed by atoms with Gasteiger partial charge in [0.2, 0.25) is 5.88 Å². The third-order valence-corrected chi connectivity index (χ3v) is 5.89. The first-order chi connectivity index (χ1) is 16.8. The molecular weight excluding hydrogens is 570 g/mol. The summed E-state index contributed by atoms with van der Waals surface area (Å²) >= 11 is 24.1. The van der Waals surface area contributed by atoms with Gasteiger partial charge >= 0.3 is 6.18 Å². The molecule has 0 spiro atoms. The monoisotopic (exact) mass is 580 g/mol. The molecule has 0 amide bonds. The summed E-state index contributed by atoms with van der Waals surface area (Å²) in [6.45, 7) is 1.49. The highest BCUT2D eigenvalue weighted by atomic mass is 35.5. The molecule has 0 aliphatic rings. The molecule has 5 nitrogen and oxygen atoms in total. The molecule has 1 unspecified atom stereocenters. The van der Waals surface area contributed by atoms with Crippen LogP contribution in [0.4, 0.5) is 17.6 Å². The van der Waals surface area contributed by atoms with E-state index >= 15 is 0 Å². The van der Waals surface area contributed by atoms with E-state index in [9.17, 15) is 27.6 Å². The first kappa shape index (κ1) is 27.8. The summed E-state index contributed by atoms with van der Waals surface area (Å²) in [5, 5.41) is 9.29. The van der Waals surface area contributed by atoms with Crippen molar-refractivity contribution in [3.05, 3.63) is 79.6 Å². The van der Waals surface area contributed by atoms with Crippen molar-refractivity contribution in [1.29, 1.82) is 5.26 Å². The van der Waals surface area contributed by atoms with Crippen LogP contribution in [0.15, 0.2) is 42.6 Å². The molecule has 36 heavy (non-hydrogen) atoms. The molecule has 0 aliphatic carbocycles. The highest BCUT2D eigenvalue weighted by Crippen LogP contribution is 2.42. The maximum absolute atomic E-state index is 14.6. The van der Waals surface area contributed by atoms with Gasteiger partial charge in [0.1, 0.15) is 16.8 Å². The number of ether oxygens (including phenoxy) is 2. The van der Waals surface area contributed by atoms with Crippen LogP contribution >= 0.6 is 46.4 Å². The predicted octanol–water partition coefficient (Wildman–Crippen LogP) is 8.42. The maximum Gasteiger partial charge on any atom is 0.417 e. The summed E-state index contributed by atoms with van der Waals surface area (Å²) in [6, 6.07) is 8.02. The molecule has 0 fully saturated rings. The van der Waals surface area contributed by atoms with Gasteiger partial charge in [0.25, 0.3) is 5.60 Å². The smallest absolute Gasteiger partial charge is 0.417 e. The van der Waals surface area contributed by atoms with Crippen molar-refractivity contribution in [3.63, 3.8) is 0 Å². The topological polar surface area (TPSA) is 72.2 Å². The predicted molar refractivity (Wildman–Crippen MR) is 125 cm³/mol. The van der Waals surface area contributed by atoms with Crippen LogP contribution in [0.5, 0.6) is 17.4 Å². The largest absolute Gasteiger partial charge is 0.459 e. The Bertz CT molecular complexity index is 1380. The van der Waals surface area contributed by atoms with E-state index in [2.05, 4.69) is 4.98 Å². The second kappa shape index (κ2) is 10.7. The van der Waals surface area contributed by atoms with Gasteiger partial charge < -0.3 is 9.47 Å². The fourth-order valence-electron chi connectivity index (χ4n) is 3.02. The molecule has 1 aromatic heterocycles. The number of rotatable bonds is 7.